The summed E-state index contributed by atoms with van der Waals surface area (Å²) in [5.41, 5.74) is 0.453. The van der Waals surface area contributed by atoms with E-state index in [0.717, 1.165) is 0 Å². The van der Waals surface area contributed by atoms with E-state index in [2.05, 4.69) is 11.1 Å². The highest BCUT2D eigenvalue weighted by molar-refractivity contribution is 5.91. The third kappa shape index (κ3) is 2.97. The Morgan fingerprint density at radius 3 is 2.65 bits per heavy atom. The van der Waals surface area contributed by atoms with Crippen LogP contribution in [0.4, 0.5) is 5.82 Å². The Kier molecular flexibility index (Phi) is 4.55. The molecule has 23 heavy (non-hydrogen) atoms. The van der Waals surface area contributed by atoms with Gasteiger partial charge < -0.3 is 14.4 Å². The molecule has 2 heterocycles. The molecule has 0 atom stereocenters. The number of hydrogen-bond acceptors (Lipinski definition) is 7. The molecule has 0 bridgehead atoms. The van der Waals surface area contributed by atoms with Crippen molar-refractivity contribution in [1.29, 1.82) is 5.26 Å². The van der Waals surface area contributed by atoms with E-state index in [1.54, 1.807) is 20.8 Å². The highest BCUT2D eigenvalue weighted by Gasteiger charge is 2.47. The van der Waals surface area contributed by atoms with E-state index in [4.69, 9.17) is 9.47 Å². The molecule has 0 aromatic carbocycles. The number of anilines is 1. The Labute approximate surface area is 134 Å². The minimum Gasteiger partial charge on any atom is -0.468 e. The molecule has 1 aromatic rings. The summed E-state index contributed by atoms with van der Waals surface area (Å²) in [4.78, 5) is 29.8. The summed E-state index contributed by atoms with van der Waals surface area (Å²) in [5, 5.41) is 9.34. The molecule has 7 nitrogen and oxygen atoms in total. The van der Waals surface area contributed by atoms with Crippen LogP contribution in [0.25, 0.3) is 0 Å². The van der Waals surface area contributed by atoms with Gasteiger partial charge in [-0.05, 0) is 26.8 Å². The lowest BCUT2D eigenvalue weighted by Gasteiger charge is -2.46. The van der Waals surface area contributed by atoms with E-state index in [-0.39, 0.29) is 23.7 Å². The molecular formula is C16H19N3O4. The van der Waals surface area contributed by atoms with Crippen molar-refractivity contribution in [1.82, 2.24) is 4.98 Å². The van der Waals surface area contributed by atoms with E-state index >= 15 is 0 Å². The van der Waals surface area contributed by atoms with Crippen molar-refractivity contribution in [3.63, 3.8) is 0 Å². The van der Waals surface area contributed by atoms with Gasteiger partial charge >= 0.3 is 11.9 Å². The topological polar surface area (TPSA) is 92.5 Å². The van der Waals surface area contributed by atoms with E-state index in [0.29, 0.717) is 24.6 Å². The predicted octanol–water partition coefficient (Wildman–Crippen LogP) is 1.44. The van der Waals surface area contributed by atoms with Gasteiger partial charge in [-0.2, -0.15) is 5.26 Å². The van der Waals surface area contributed by atoms with E-state index in [1.807, 2.05) is 4.90 Å². The number of carbonyl (C=O) groups is 2. The molecule has 1 aromatic heterocycles. The van der Waals surface area contributed by atoms with Crippen LogP contribution in [0.15, 0.2) is 6.07 Å². The lowest BCUT2D eigenvalue weighted by atomic mass is 9.82. The first-order valence-electron chi connectivity index (χ1n) is 7.28. The van der Waals surface area contributed by atoms with Crippen molar-refractivity contribution < 1.29 is 19.1 Å². The molecule has 0 unspecified atom stereocenters. The van der Waals surface area contributed by atoms with Crippen LogP contribution in [0.3, 0.4) is 0 Å². The second-order valence-electron chi connectivity index (χ2n) is 5.73. The van der Waals surface area contributed by atoms with Gasteiger partial charge in [-0.25, -0.2) is 9.78 Å². The number of nitriles is 1. The zero-order chi connectivity index (χ0) is 17.2. The molecule has 1 fully saturated rings. The number of aryl methyl sites for hydroxylation is 1. The smallest absolute Gasteiger partial charge is 0.340 e. The summed E-state index contributed by atoms with van der Waals surface area (Å²) in [7, 11) is 1.35. The van der Waals surface area contributed by atoms with E-state index < -0.39 is 11.4 Å². The van der Waals surface area contributed by atoms with Gasteiger partial charge in [0.25, 0.3) is 0 Å². The molecule has 2 rings (SSSR count). The molecule has 0 amide bonds. The maximum atomic E-state index is 11.9. The fourth-order valence-corrected chi connectivity index (χ4v) is 2.65. The number of aromatic nitrogens is 1. The first-order valence-corrected chi connectivity index (χ1v) is 7.28. The molecule has 1 saturated heterocycles. The van der Waals surface area contributed by atoms with Crippen molar-refractivity contribution in [3.8, 4) is 6.07 Å². The molecule has 0 spiro atoms. The summed E-state index contributed by atoms with van der Waals surface area (Å²) in [5.74, 6) is -0.310. The van der Waals surface area contributed by atoms with Gasteiger partial charge in [-0.1, -0.05) is 0 Å². The molecule has 0 N–H and O–H groups in total. The largest absolute Gasteiger partial charge is 0.468 e. The Morgan fingerprint density at radius 2 is 2.13 bits per heavy atom. The number of pyridine rings is 1. The summed E-state index contributed by atoms with van der Waals surface area (Å²) in [6.45, 7) is 6.30. The lowest BCUT2D eigenvalue weighted by Crippen LogP contribution is -2.59. The minimum absolute atomic E-state index is 0.255. The summed E-state index contributed by atoms with van der Waals surface area (Å²) in [6.07, 6.45) is 0. The third-order valence-electron chi connectivity index (χ3n) is 3.87. The Morgan fingerprint density at radius 1 is 1.48 bits per heavy atom. The van der Waals surface area contributed by atoms with Gasteiger partial charge in [0.2, 0.25) is 0 Å². The van der Waals surface area contributed by atoms with Crippen LogP contribution < -0.4 is 4.90 Å². The van der Waals surface area contributed by atoms with Crippen molar-refractivity contribution in [2.45, 2.75) is 20.8 Å². The summed E-state index contributed by atoms with van der Waals surface area (Å²) < 4.78 is 9.75. The molecule has 0 aliphatic carbocycles. The number of rotatable bonds is 4. The summed E-state index contributed by atoms with van der Waals surface area (Å²) in [6, 6.07) is 3.54. The molecule has 0 saturated carbocycles. The maximum Gasteiger partial charge on any atom is 0.340 e. The average molecular weight is 317 g/mol. The number of hydrogen-bond donors (Lipinski definition) is 0. The third-order valence-corrected chi connectivity index (χ3v) is 3.87. The molecule has 0 radical (unpaired) electrons. The number of esters is 2. The van der Waals surface area contributed by atoms with E-state index in [9.17, 15) is 14.9 Å². The van der Waals surface area contributed by atoms with Crippen molar-refractivity contribution in [3.05, 3.63) is 22.9 Å². The Bertz CT molecular complexity index is 687. The summed E-state index contributed by atoms with van der Waals surface area (Å²) >= 11 is 0. The van der Waals surface area contributed by atoms with Gasteiger partial charge in [0.15, 0.2) is 0 Å². The molecule has 7 heteroatoms. The molecular weight excluding hydrogens is 298 g/mol. The van der Waals surface area contributed by atoms with Gasteiger partial charge in [0.05, 0.1) is 30.5 Å². The van der Waals surface area contributed by atoms with Crippen LogP contribution in [-0.4, -0.2) is 43.7 Å². The van der Waals surface area contributed by atoms with Crippen molar-refractivity contribution >= 4 is 17.8 Å². The number of carbonyl (C=O) groups excluding carboxylic acids is 2. The zero-order valence-corrected chi connectivity index (χ0v) is 13.7. The van der Waals surface area contributed by atoms with Crippen LogP contribution in [0, 0.1) is 23.7 Å². The van der Waals surface area contributed by atoms with Crippen molar-refractivity contribution in [2.24, 2.45) is 5.41 Å². The van der Waals surface area contributed by atoms with Crippen LogP contribution in [-0.2, 0) is 14.3 Å². The number of nitrogens with zero attached hydrogens (tertiary/aromatic N) is 3. The first-order chi connectivity index (χ1) is 10.9. The second kappa shape index (κ2) is 6.24. The fraction of sp³-hybridized carbons (Fsp3) is 0.500. The van der Waals surface area contributed by atoms with Gasteiger partial charge in [0, 0.05) is 13.1 Å². The van der Waals surface area contributed by atoms with Gasteiger partial charge in [-0.15, -0.1) is 0 Å². The highest BCUT2D eigenvalue weighted by atomic mass is 16.5. The van der Waals surface area contributed by atoms with Gasteiger partial charge in [-0.3, -0.25) is 4.79 Å². The van der Waals surface area contributed by atoms with Crippen molar-refractivity contribution in [2.75, 3.05) is 31.7 Å². The second-order valence-corrected chi connectivity index (χ2v) is 5.73. The quantitative estimate of drug-likeness (QED) is 0.776. The Balaban J connectivity index is 2.29. The lowest BCUT2D eigenvalue weighted by molar-refractivity contribution is -0.153. The van der Waals surface area contributed by atoms with Crippen LogP contribution in [0.5, 0.6) is 0 Å². The van der Waals surface area contributed by atoms with E-state index in [1.165, 1.54) is 13.2 Å². The number of ether oxygens (including phenoxy) is 2. The fourth-order valence-electron chi connectivity index (χ4n) is 2.65. The molecule has 122 valence electrons. The van der Waals surface area contributed by atoms with Gasteiger partial charge in [0.1, 0.15) is 17.3 Å². The average Bonchev–Trinajstić information content (AvgIpc) is 2.50. The zero-order valence-electron chi connectivity index (χ0n) is 13.7. The SMILES string of the molecule is CCOC(=O)c1cc(C#N)c(N2CC(C)(C(=O)OC)C2)nc1C. The Hall–Kier alpha value is -2.62. The standard InChI is InChI=1S/C16H19N3O4/c1-5-23-14(20)12-6-11(7-17)13(18-10(12)2)19-8-16(3,9-19)15(21)22-4/h6H,5,8-9H2,1-4H3. The predicted molar refractivity (Wildman–Crippen MR) is 82.0 cm³/mol. The molecule has 1 aliphatic rings. The number of methoxy groups -OCH3 is 1. The highest BCUT2D eigenvalue weighted by Crippen LogP contribution is 2.36. The molecule has 1 aliphatic heterocycles. The maximum absolute atomic E-state index is 11.9. The minimum atomic E-state index is -0.600. The van der Waals surface area contributed by atoms with Crippen LogP contribution in [0.1, 0.15) is 35.5 Å². The van der Waals surface area contributed by atoms with Crippen LogP contribution >= 0.6 is 0 Å². The van der Waals surface area contributed by atoms with Crippen LogP contribution in [0.2, 0.25) is 0 Å². The first kappa shape index (κ1) is 16.7. The normalized spacial score (nSPS) is 15.3. The monoisotopic (exact) mass is 317 g/mol.